The highest BCUT2D eigenvalue weighted by atomic mass is 16.6. The molecule has 4 fully saturated rings. The van der Waals surface area contributed by atoms with E-state index in [1.807, 2.05) is 91.4 Å². The summed E-state index contributed by atoms with van der Waals surface area (Å²) in [5, 5.41) is 5.71. The molecule has 2 unspecified atom stereocenters. The van der Waals surface area contributed by atoms with E-state index in [1.54, 1.807) is 0 Å². The molecule has 1 aromatic carbocycles. The number of alkyl carbamates (subject to hydrolysis) is 2. The lowest BCUT2D eigenvalue weighted by atomic mass is 9.73. The van der Waals surface area contributed by atoms with E-state index in [1.165, 1.54) is 22.3 Å². The van der Waals surface area contributed by atoms with Crippen LogP contribution in [0.25, 0.3) is 11.3 Å². The Kier molecular flexibility index (Phi) is 13.4. The summed E-state index contributed by atoms with van der Waals surface area (Å²) in [5.74, 6) is 2.02. The number of hydrogen-bond donors (Lipinski definition) is 4. The number of likely N-dealkylation sites (tertiary alicyclic amines) is 2. The Labute approximate surface area is 391 Å². The number of hydrogen-bond acceptors (Lipinski definition) is 9. The number of carbonyl (C=O) groups is 4. The Morgan fingerprint density at radius 2 is 1.12 bits per heavy atom. The number of aromatic amines is 2. The minimum absolute atomic E-state index is 0.0963. The Bertz CT molecular complexity index is 2260. The van der Waals surface area contributed by atoms with Crippen LogP contribution < -0.4 is 10.6 Å². The summed E-state index contributed by atoms with van der Waals surface area (Å²) >= 11 is 0. The van der Waals surface area contributed by atoms with Crippen LogP contribution >= 0.6 is 0 Å². The lowest BCUT2D eigenvalue weighted by Gasteiger charge is -2.32. The molecule has 2 bridgehead atoms. The first-order valence-electron chi connectivity index (χ1n) is 24.8. The number of imidazole rings is 2. The zero-order valence-corrected chi connectivity index (χ0v) is 41.3. The molecule has 6 atom stereocenters. The maximum absolute atomic E-state index is 14.1. The van der Waals surface area contributed by atoms with Crippen molar-refractivity contribution in [2.75, 3.05) is 20.1 Å². The quantitative estimate of drug-likeness (QED) is 0.146. The number of amides is 4. The number of benzene rings is 1. The van der Waals surface area contributed by atoms with Gasteiger partial charge in [-0.15, -0.1) is 0 Å². The third-order valence-electron chi connectivity index (χ3n) is 14.7. The first-order chi connectivity index (χ1) is 31.2. The van der Waals surface area contributed by atoms with Crippen LogP contribution in [-0.2, 0) is 19.1 Å². The smallest absolute Gasteiger partial charge is 0.408 e. The predicted octanol–water partition coefficient (Wildman–Crippen LogP) is 9.49. The van der Waals surface area contributed by atoms with E-state index in [0.29, 0.717) is 37.0 Å². The van der Waals surface area contributed by atoms with Gasteiger partial charge < -0.3 is 39.9 Å². The first-order valence-corrected chi connectivity index (χ1v) is 24.8. The van der Waals surface area contributed by atoms with Crippen LogP contribution in [0.5, 0.6) is 0 Å². The first kappa shape index (κ1) is 47.6. The normalized spacial score (nSPS) is 25.3. The van der Waals surface area contributed by atoms with E-state index in [-0.39, 0.29) is 35.7 Å². The summed E-state index contributed by atoms with van der Waals surface area (Å²) in [6.07, 6.45) is 12.7. The van der Waals surface area contributed by atoms with Gasteiger partial charge >= 0.3 is 12.2 Å². The van der Waals surface area contributed by atoms with Crippen molar-refractivity contribution in [1.29, 1.82) is 0 Å². The minimum Gasteiger partial charge on any atom is -0.444 e. The maximum Gasteiger partial charge on any atom is 0.408 e. The number of ether oxygens (including phenoxy) is 2. The van der Waals surface area contributed by atoms with Crippen LogP contribution in [0.1, 0.15) is 203 Å². The Morgan fingerprint density at radius 1 is 0.636 bits per heavy atom. The third kappa shape index (κ3) is 9.73. The van der Waals surface area contributed by atoms with Crippen LogP contribution in [-0.4, -0.2) is 102 Å². The summed E-state index contributed by atoms with van der Waals surface area (Å²) in [4.78, 5) is 77.0. The monoisotopic (exact) mass is 910 g/mol. The van der Waals surface area contributed by atoms with Gasteiger partial charge in [-0.1, -0.05) is 39.8 Å². The predicted molar refractivity (Wildman–Crippen MR) is 252 cm³/mol. The van der Waals surface area contributed by atoms with Gasteiger partial charge in [0.05, 0.1) is 24.0 Å². The molecular weight excluding hydrogens is 835 g/mol. The van der Waals surface area contributed by atoms with Crippen LogP contribution in [0, 0.1) is 11.8 Å². The van der Waals surface area contributed by atoms with Gasteiger partial charge in [0.15, 0.2) is 0 Å². The molecule has 15 nitrogen and oxygen atoms in total. The van der Waals surface area contributed by atoms with Crippen molar-refractivity contribution in [1.82, 2.24) is 45.3 Å². The number of fused-ring (bicyclic) bond motifs is 5. The number of H-pyrrole nitrogens is 2. The lowest BCUT2D eigenvalue weighted by Crippen LogP contribution is -2.52. The summed E-state index contributed by atoms with van der Waals surface area (Å²) in [7, 11) is 2.28. The number of rotatable bonds is 11. The fraction of sp³-hybridized carbons (Fsp3) is 0.686. The highest BCUT2D eigenvalue weighted by molar-refractivity contribution is 5.87. The van der Waals surface area contributed by atoms with Gasteiger partial charge in [0.25, 0.3) is 0 Å². The second kappa shape index (κ2) is 18.6. The molecule has 5 aliphatic rings. The van der Waals surface area contributed by atoms with E-state index in [2.05, 4.69) is 44.7 Å². The molecule has 4 aliphatic heterocycles. The van der Waals surface area contributed by atoms with Gasteiger partial charge in [-0.25, -0.2) is 19.6 Å². The van der Waals surface area contributed by atoms with Crippen molar-refractivity contribution in [3.05, 3.63) is 58.6 Å². The summed E-state index contributed by atoms with van der Waals surface area (Å²) < 4.78 is 11.0. The SMILES string of the molecule is CC(C)[C@H](NC(=O)OC(C)(C)C)C(=O)N1CCC[C@H]1c1ncc(-c2ccc(C3CCC(c4cnc([C@@H]5CCCN5C(=O)[C@@H](NC(=O)OC(C)(C)C)C(C)C)[nH]4)CC3)c3c2C2CCC3N2C)[nH]1. The Hall–Kier alpha value is -4.92. The van der Waals surface area contributed by atoms with Gasteiger partial charge in [-0.05, 0) is 147 Å². The molecule has 15 heteroatoms. The minimum atomic E-state index is -0.705. The molecule has 8 rings (SSSR count). The molecule has 4 amide bonds. The topological polar surface area (TPSA) is 178 Å². The zero-order valence-electron chi connectivity index (χ0n) is 41.3. The summed E-state index contributed by atoms with van der Waals surface area (Å²) in [6, 6.07) is 3.70. The van der Waals surface area contributed by atoms with Crippen LogP contribution in [0.3, 0.4) is 0 Å². The van der Waals surface area contributed by atoms with Crippen LogP contribution in [0.15, 0.2) is 24.5 Å². The second-order valence-corrected chi connectivity index (χ2v) is 22.4. The number of aromatic nitrogens is 4. The molecule has 0 radical (unpaired) electrons. The van der Waals surface area contributed by atoms with Gasteiger partial charge in [-0.2, -0.15) is 0 Å². The number of nitrogens with one attached hydrogen (secondary N) is 4. The third-order valence-corrected chi connectivity index (χ3v) is 14.7. The average molecular weight is 910 g/mol. The molecule has 2 aromatic heterocycles. The van der Waals surface area contributed by atoms with Crippen molar-refractivity contribution < 1.29 is 28.7 Å². The van der Waals surface area contributed by atoms with Gasteiger partial charge in [0.2, 0.25) is 11.8 Å². The molecular formula is C51H75N9O6. The molecule has 3 saturated heterocycles. The fourth-order valence-corrected chi connectivity index (χ4v) is 11.6. The van der Waals surface area contributed by atoms with Crippen LogP contribution in [0.2, 0.25) is 0 Å². The standard InChI is InChI=1S/C51H75N9O6/c1-28(2)42(56-48(63)65-50(5,6)7)46(61)59-24-12-14-38(59)44-52-26-34(54-44)31-18-16-30(17-19-31)32-20-21-33(41-37-23-22-36(40(32)41)58(37)11)35-27-53-45(55-35)39-15-13-25-60(39)47(62)43(29(3)4)57-49(64)66-51(8,9)10/h20-21,26-31,36-39,42-43H,12-19,22-25H2,1-11H3,(H,52,54)(H,53,55)(H,56,63)(H,57,64)/t30?,31?,36?,37?,38-,39-,42-,43-/m0/s1. The highest BCUT2D eigenvalue weighted by Crippen LogP contribution is 2.58. The van der Waals surface area contributed by atoms with E-state index >= 15 is 0 Å². The second-order valence-electron chi connectivity index (χ2n) is 22.4. The van der Waals surface area contributed by atoms with Crippen molar-refractivity contribution in [2.45, 2.75) is 193 Å². The molecule has 6 heterocycles. The van der Waals surface area contributed by atoms with Crippen molar-refractivity contribution in [3.63, 3.8) is 0 Å². The Balaban J connectivity index is 0.949. The fourth-order valence-electron chi connectivity index (χ4n) is 11.6. The lowest BCUT2D eigenvalue weighted by molar-refractivity contribution is -0.136. The van der Waals surface area contributed by atoms with Crippen LogP contribution in [0.4, 0.5) is 9.59 Å². The van der Waals surface area contributed by atoms with Gasteiger partial charge in [0, 0.05) is 48.5 Å². The molecule has 3 aromatic rings. The van der Waals surface area contributed by atoms with Crippen molar-refractivity contribution in [3.8, 4) is 11.3 Å². The molecule has 0 spiro atoms. The van der Waals surface area contributed by atoms with E-state index in [9.17, 15) is 19.2 Å². The van der Waals surface area contributed by atoms with E-state index in [0.717, 1.165) is 87.2 Å². The molecule has 66 heavy (non-hydrogen) atoms. The Morgan fingerprint density at radius 3 is 1.64 bits per heavy atom. The summed E-state index contributed by atoms with van der Waals surface area (Å²) in [6.45, 7) is 19.9. The molecule has 1 saturated carbocycles. The number of carbonyl (C=O) groups excluding carboxylic acids is 4. The molecule has 4 N–H and O–H groups in total. The van der Waals surface area contributed by atoms with Crippen molar-refractivity contribution >= 4 is 24.0 Å². The van der Waals surface area contributed by atoms with E-state index in [4.69, 9.17) is 19.4 Å². The van der Waals surface area contributed by atoms with Crippen molar-refractivity contribution in [2.24, 2.45) is 11.8 Å². The number of nitrogens with zero attached hydrogens (tertiary/aromatic N) is 5. The zero-order chi connectivity index (χ0) is 47.4. The molecule has 1 aliphatic carbocycles. The average Bonchev–Trinajstić information content (AvgIpc) is 4.11. The summed E-state index contributed by atoms with van der Waals surface area (Å²) in [5.41, 5.74) is 6.44. The van der Waals surface area contributed by atoms with E-state index < -0.39 is 35.5 Å². The van der Waals surface area contributed by atoms with Gasteiger partial charge in [0.1, 0.15) is 34.9 Å². The maximum atomic E-state index is 14.1. The highest BCUT2D eigenvalue weighted by Gasteiger charge is 2.46. The van der Waals surface area contributed by atoms with Gasteiger partial charge in [-0.3, -0.25) is 14.5 Å². The molecule has 360 valence electrons. The largest absolute Gasteiger partial charge is 0.444 e.